The quantitative estimate of drug-likeness (QED) is 0.523. The molecule has 1 N–H and O–H groups in total. The number of hydrogen-bond acceptors (Lipinski definition) is 5. The van der Waals surface area contributed by atoms with Crippen molar-refractivity contribution in [1.82, 2.24) is 15.3 Å². The number of aryl methyl sites for hydroxylation is 1. The predicted molar refractivity (Wildman–Crippen MR) is 109 cm³/mol. The van der Waals surface area contributed by atoms with Crippen LogP contribution in [0.4, 0.5) is 4.79 Å². The van der Waals surface area contributed by atoms with Crippen molar-refractivity contribution in [3.05, 3.63) is 90.6 Å². The second kappa shape index (κ2) is 8.39. The SMILES string of the molecule is Cc1ccc(-c2cncc(-c3ncco3)c2)cc1OC(=O)NCc1ccccc1. The molecule has 4 rings (SSSR count). The zero-order valence-electron chi connectivity index (χ0n) is 15.8. The van der Waals surface area contributed by atoms with Gasteiger partial charge in [0.1, 0.15) is 12.0 Å². The maximum Gasteiger partial charge on any atom is 0.412 e. The molecule has 29 heavy (non-hydrogen) atoms. The summed E-state index contributed by atoms with van der Waals surface area (Å²) >= 11 is 0. The van der Waals surface area contributed by atoms with Crippen LogP contribution in [0.5, 0.6) is 5.75 Å². The van der Waals surface area contributed by atoms with E-state index < -0.39 is 6.09 Å². The third-order valence-electron chi connectivity index (χ3n) is 4.42. The standard InChI is InChI=1S/C23H19N3O3/c1-16-7-8-18(19-11-20(15-24-14-19)22-25-9-10-28-22)12-21(16)29-23(27)26-13-17-5-3-2-4-6-17/h2-12,14-15H,13H2,1H3,(H,26,27). The van der Waals surface area contributed by atoms with Crippen LogP contribution in [0.3, 0.4) is 0 Å². The van der Waals surface area contributed by atoms with E-state index >= 15 is 0 Å². The highest BCUT2D eigenvalue weighted by atomic mass is 16.6. The third-order valence-corrected chi connectivity index (χ3v) is 4.42. The summed E-state index contributed by atoms with van der Waals surface area (Å²) in [4.78, 5) is 20.7. The Morgan fingerprint density at radius 1 is 1.03 bits per heavy atom. The van der Waals surface area contributed by atoms with E-state index in [1.165, 1.54) is 6.26 Å². The molecule has 0 radical (unpaired) electrons. The number of nitrogens with one attached hydrogen (secondary N) is 1. The van der Waals surface area contributed by atoms with Crippen LogP contribution in [0.15, 0.2) is 83.9 Å². The molecule has 6 heteroatoms. The third kappa shape index (κ3) is 4.50. The number of benzene rings is 2. The number of carbonyl (C=O) groups is 1. The predicted octanol–water partition coefficient (Wildman–Crippen LogP) is 5.00. The maximum atomic E-state index is 12.2. The lowest BCUT2D eigenvalue weighted by Gasteiger charge is -2.11. The number of rotatable bonds is 5. The summed E-state index contributed by atoms with van der Waals surface area (Å²) in [6, 6.07) is 17.3. The van der Waals surface area contributed by atoms with E-state index in [1.54, 1.807) is 18.6 Å². The second-order valence-corrected chi connectivity index (χ2v) is 6.51. The molecule has 2 aromatic heterocycles. The van der Waals surface area contributed by atoms with Gasteiger partial charge in [-0.2, -0.15) is 0 Å². The number of pyridine rings is 1. The van der Waals surface area contributed by atoms with Crippen LogP contribution in [0.1, 0.15) is 11.1 Å². The van der Waals surface area contributed by atoms with Gasteiger partial charge in [-0.15, -0.1) is 0 Å². The summed E-state index contributed by atoms with van der Waals surface area (Å²) in [5.74, 6) is 0.998. The summed E-state index contributed by atoms with van der Waals surface area (Å²) in [5, 5.41) is 2.77. The molecule has 0 aliphatic rings. The molecular formula is C23H19N3O3. The van der Waals surface area contributed by atoms with Crippen LogP contribution in [-0.4, -0.2) is 16.1 Å². The Hall–Kier alpha value is -3.93. The summed E-state index contributed by atoms with van der Waals surface area (Å²) in [6.07, 6.45) is 6.05. The molecule has 1 amide bonds. The Kier molecular flexibility index (Phi) is 5.33. The fraction of sp³-hybridized carbons (Fsp3) is 0.0870. The summed E-state index contributed by atoms with van der Waals surface area (Å²) in [6.45, 7) is 2.30. The average Bonchev–Trinajstić information content (AvgIpc) is 3.30. The minimum Gasteiger partial charge on any atom is -0.444 e. The molecule has 144 valence electrons. The van der Waals surface area contributed by atoms with Crippen LogP contribution in [-0.2, 0) is 6.54 Å². The van der Waals surface area contributed by atoms with E-state index in [2.05, 4.69) is 15.3 Å². The van der Waals surface area contributed by atoms with Gasteiger partial charge in [-0.1, -0.05) is 42.5 Å². The Bertz CT molecular complexity index is 1110. The zero-order valence-corrected chi connectivity index (χ0v) is 15.8. The number of amides is 1. The first-order valence-electron chi connectivity index (χ1n) is 9.14. The van der Waals surface area contributed by atoms with E-state index in [4.69, 9.17) is 9.15 Å². The minimum atomic E-state index is -0.499. The van der Waals surface area contributed by atoms with Crippen LogP contribution in [0.25, 0.3) is 22.6 Å². The molecule has 0 saturated heterocycles. The lowest BCUT2D eigenvalue weighted by Crippen LogP contribution is -2.26. The van der Waals surface area contributed by atoms with Crippen LogP contribution < -0.4 is 10.1 Å². The average molecular weight is 385 g/mol. The largest absolute Gasteiger partial charge is 0.444 e. The number of carbonyl (C=O) groups excluding carboxylic acids is 1. The van der Waals surface area contributed by atoms with E-state index in [1.807, 2.05) is 61.5 Å². The number of hydrogen-bond donors (Lipinski definition) is 1. The second-order valence-electron chi connectivity index (χ2n) is 6.51. The fourth-order valence-corrected chi connectivity index (χ4v) is 2.88. The molecule has 4 aromatic rings. The van der Waals surface area contributed by atoms with Gasteiger partial charge in [0.15, 0.2) is 0 Å². The van der Waals surface area contributed by atoms with E-state index in [0.29, 0.717) is 18.2 Å². The summed E-state index contributed by atoms with van der Waals surface area (Å²) in [5.41, 5.74) is 4.39. The molecule has 6 nitrogen and oxygen atoms in total. The first-order valence-corrected chi connectivity index (χ1v) is 9.14. The monoisotopic (exact) mass is 385 g/mol. The van der Waals surface area contributed by atoms with Gasteiger partial charge in [0.05, 0.1) is 11.8 Å². The number of nitrogens with zero attached hydrogens (tertiary/aromatic N) is 2. The molecule has 0 spiro atoms. The highest BCUT2D eigenvalue weighted by Crippen LogP contribution is 2.29. The molecule has 0 aliphatic heterocycles. The topological polar surface area (TPSA) is 77.2 Å². The van der Waals surface area contributed by atoms with Gasteiger partial charge in [0.25, 0.3) is 0 Å². The summed E-state index contributed by atoms with van der Waals surface area (Å²) < 4.78 is 10.9. The number of ether oxygens (including phenoxy) is 1. The highest BCUT2D eigenvalue weighted by molar-refractivity contribution is 5.74. The molecule has 0 unspecified atom stereocenters. The van der Waals surface area contributed by atoms with Gasteiger partial charge in [-0.25, -0.2) is 9.78 Å². The van der Waals surface area contributed by atoms with Crippen molar-refractivity contribution in [3.8, 4) is 28.3 Å². The van der Waals surface area contributed by atoms with Crippen LogP contribution in [0.2, 0.25) is 0 Å². The molecule has 0 atom stereocenters. The van der Waals surface area contributed by atoms with E-state index in [9.17, 15) is 4.79 Å². The Morgan fingerprint density at radius 2 is 1.86 bits per heavy atom. The molecule has 0 saturated carbocycles. The summed E-state index contributed by atoms with van der Waals surface area (Å²) in [7, 11) is 0. The van der Waals surface area contributed by atoms with Crippen LogP contribution in [0, 0.1) is 6.92 Å². The van der Waals surface area contributed by atoms with Crippen molar-refractivity contribution in [1.29, 1.82) is 0 Å². The zero-order chi connectivity index (χ0) is 20.1. The molecule has 2 heterocycles. The Labute approximate surface area is 168 Å². The van der Waals surface area contributed by atoms with Crippen molar-refractivity contribution >= 4 is 6.09 Å². The number of aromatic nitrogens is 2. The van der Waals surface area contributed by atoms with Gasteiger partial charge in [0.2, 0.25) is 5.89 Å². The van der Waals surface area contributed by atoms with Gasteiger partial charge >= 0.3 is 6.09 Å². The molecule has 0 bridgehead atoms. The molecular weight excluding hydrogens is 366 g/mol. The minimum absolute atomic E-state index is 0.403. The first-order chi connectivity index (χ1) is 14.2. The van der Waals surface area contributed by atoms with Crippen molar-refractivity contribution in [3.63, 3.8) is 0 Å². The molecule has 0 aliphatic carbocycles. The van der Waals surface area contributed by atoms with Gasteiger partial charge in [0, 0.05) is 24.5 Å². The normalized spacial score (nSPS) is 10.5. The first kappa shape index (κ1) is 18.4. The van der Waals surface area contributed by atoms with E-state index in [-0.39, 0.29) is 0 Å². The van der Waals surface area contributed by atoms with Gasteiger partial charge < -0.3 is 14.5 Å². The lowest BCUT2D eigenvalue weighted by atomic mass is 10.0. The van der Waals surface area contributed by atoms with E-state index in [0.717, 1.165) is 27.8 Å². The molecule has 0 fully saturated rings. The van der Waals surface area contributed by atoms with Crippen LogP contribution >= 0.6 is 0 Å². The van der Waals surface area contributed by atoms with Crippen molar-refractivity contribution < 1.29 is 13.9 Å². The van der Waals surface area contributed by atoms with Crippen molar-refractivity contribution in [2.24, 2.45) is 0 Å². The Morgan fingerprint density at radius 3 is 2.66 bits per heavy atom. The highest BCUT2D eigenvalue weighted by Gasteiger charge is 2.11. The smallest absolute Gasteiger partial charge is 0.412 e. The number of oxazole rings is 1. The molecule has 2 aromatic carbocycles. The Balaban J connectivity index is 1.50. The van der Waals surface area contributed by atoms with Gasteiger partial charge in [-0.05, 0) is 35.7 Å². The van der Waals surface area contributed by atoms with Crippen molar-refractivity contribution in [2.45, 2.75) is 13.5 Å². The van der Waals surface area contributed by atoms with Gasteiger partial charge in [-0.3, -0.25) is 4.98 Å². The fourth-order valence-electron chi connectivity index (χ4n) is 2.88. The maximum absolute atomic E-state index is 12.2. The van der Waals surface area contributed by atoms with Crippen molar-refractivity contribution in [2.75, 3.05) is 0 Å². The lowest BCUT2D eigenvalue weighted by molar-refractivity contribution is 0.199.